The molecule has 9 heteroatoms. The van der Waals surface area contributed by atoms with Crippen molar-refractivity contribution >= 4 is 19.9 Å². The number of rotatable bonds is 6. The SMILES string of the molecule is CS(=O)(=O)CCCNS(=O)(=O)c1cn[nH]c1. The molecule has 0 atom stereocenters. The van der Waals surface area contributed by atoms with Crippen LogP contribution in [0.1, 0.15) is 6.42 Å². The van der Waals surface area contributed by atoms with E-state index in [1.165, 1.54) is 12.4 Å². The first kappa shape index (κ1) is 13.1. The molecule has 0 amide bonds. The molecule has 1 heterocycles. The first-order chi connectivity index (χ1) is 7.31. The smallest absolute Gasteiger partial charge is 0.243 e. The van der Waals surface area contributed by atoms with Gasteiger partial charge in [-0.2, -0.15) is 5.10 Å². The number of sulfonamides is 1. The van der Waals surface area contributed by atoms with Crippen LogP contribution < -0.4 is 4.72 Å². The van der Waals surface area contributed by atoms with Crippen LogP contribution in [0.15, 0.2) is 17.3 Å². The van der Waals surface area contributed by atoms with Crippen molar-refractivity contribution in [2.75, 3.05) is 18.6 Å². The van der Waals surface area contributed by atoms with Crippen molar-refractivity contribution in [1.82, 2.24) is 14.9 Å². The maximum atomic E-state index is 11.5. The molecule has 16 heavy (non-hydrogen) atoms. The molecule has 1 rings (SSSR count). The zero-order chi connectivity index (χ0) is 12.2. The molecule has 1 aromatic heterocycles. The molecule has 0 radical (unpaired) electrons. The summed E-state index contributed by atoms with van der Waals surface area (Å²) in [7, 11) is -6.62. The number of aromatic amines is 1. The second-order valence-corrected chi connectivity index (χ2v) is 7.34. The minimum absolute atomic E-state index is 0.0341. The fraction of sp³-hybridized carbons (Fsp3) is 0.571. The molecule has 0 bridgehead atoms. The molecule has 0 aliphatic carbocycles. The van der Waals surface area contributed by atoms with E-state index < -0.39 is 19.9 Å². The van der Waals surface area contributed by atoms with Crippen LogP contribution in [0.2, 0.25) is 0 Å². The van der Waals surface area contributed by atoms with E-state index in [0.717, 1.165) is 6.26 Å². The number of nitrogens with zero attached hydrogens (tertiary/aromatic N) is 1. The van der Waals surface area contributed by atoms with Crippen molar-refractivity contribution in [3.8, 4) is 0 Å². The number of nitrogens with one attached hydrogen (secondary N) is 2. The Kier molecular flexibility index (Phi) is 4.05. The Morgan fingerprint density at radius 1 is 1.38 bits per heavy atom. The molecular formula is C7H13N3O4S2. The first-order valence-electron chi connectivity index (χ1n) is 4.47. The van der Waals surface area contributed by atoms with E-state index >= 15 is 0 Å². The highest BCUT2D eigenvalue weighted by Gasteiger charge is 2.14. The van der Waals surface area contributed by atoms with E-state index in [1.807, 2.05) is 0 Å². The van der Waals surface area contributed by atoms with Crippen molar-refractivity contribution in [3.05, 3.63) is 12.4 Å². The van der Waals surface area contributed by atoms with E-state index in [2.05, 4.69) is 14.9 Å². The van der Waals surface area contributed by atoms with Crippen molar-refractivity contribution in [3.63, 3.8) is 0 Å². The van der Waals surface area contributed by atoms with Gasteiger partial charge in [0.25, 0.3) is 0 Å². The van der Waals surface area contributed by atoms with Gasteiger partial charge in [-0.1, -0.05) is 0 Å². The van der Waals surface area contributed by atoms with Gasteiger partial charge in [0, 0.05) is 19.0 Å². The Hall–Kier alpha value is -0.930. The molecule has 0 aliphatic rings. The van der Waals surface area contributed by atoms with Gasteiger partial charge < -0.3 is 0 Å². The van der Waals surface area contributed by atoms with Crippen molar-refractivity contribution in [2.45, 2.75) is 11.3 Å². The number of hydrogen-bond acceptors (Lipinski definition) is 5. The fourth-order valence-electron chi connectivity index (χ4n) is 1.01. The second kappa shape index (κ2) is 4.93. The molecule has 0 aromatic carbocycles. The topological polar surface area (TPSA) is 109 Å². The summed E-state index contributed by atoms with van der Waals surface area (Å²) < 4.78 is 46.9. The highest BCUT2D eigenvalue weighted by Crippen LogP contribution is 2.03. The first-order valence-corrected chi connectivity index (χ1v) is 8.02. The number of aromatic nitrogens is 2. The summed E-state index contributed by atoms with van der Waals surface area (Å²) >= 11 is 0. The van der Waals surface area contributed by atoms with Gasteiger partial charge in [-0.15, -0.1) is 0 Å². The highest BCUT2D eigenvalue weighted by molar-refractivity contribution is 7.90. The lowest BCUT2D eigenvalue weighted by molar-refractivity contribution is 0.577. The quantitative estimate of drug-likeness (QED) is 0.651. The van der Waals surface area contributed by atoms with E-state index in [1.54, 1.807) is 0 Å². The molecule has 2 N–H and O–H groups in total. The van der Waals surface area contributed by atoms with Crippen LogP contribution in [-0.2, 0) is 19.9 Å². The van der Waals surface area contributed by atoms with Gasteiger partial charge in [0.2, 0.25) is 10.0 Å². The lowest BCUT2D eigenvalue weighted by Gasteiger charge is -2.03. The maximum absolute atomic E-state index is 11.5. The molecule has 1 aromatic rings. The van der Waals surface area contributed by atoms with Gasteiger partial charge in [0.05, 0.1) is 11.9 Å². The van der Waals surface area contributed by atoms with Crippen LogP contribution in [0.4, 0.5) is 0 Å². The monoisotopic (exact) mass is 267 g/mol. The summed E-state index contributed by atoms with van der Waals surface area (Å²) in [4.78, 5) is 0.0341. The third-order valence-corrected chi connectivity index (χ3v) is 4.23. The van der Waals surface area contributed by atoms with Gasteiger partial charge in [-0.25, -0.2) is 21.6 Å². The lowest BCUT2D eigenvalue weighted by atomic mass is 10.5. The zero-order valence-electron chi connectivity index (χ0n) is 8.67. The van der Waals surface area contributed by atoms with Crippen LogP contribution in [0.3, 0.4) is 0 Å². The number of hydrogen-bond donors (Lipinski definition) is 2. The molecule has 0 saturated heterocycles. The van der Waals surface area contributed by atoms with Crippen molar-refractivity contribution in [1.29, 1.82) is 0 Å². The van der Waals surface area contributed by atoms with Gasteiger partial charge in [0.1, 0.15) is 14.7 Å². The van der Waals surface area contributed by atoms with Gasteiger partial charge >= 0.3 is 0 Å². The Bertz CT molecular complexity index is 518. The van der Waals surface area contributed by atoms with Crippen LogP contribution >= 0.6 is 0 Å². The number of H-pyrrole nitrogens is 1. The molecule has 0 spiro atoms. The maximum Gasteiger partial charge on any atom is 0.243 e. The summed E-state index contributed by atoms with van der Waals surface area (Å²) in [5.74, 6) is -0.0408. The zero-order valence-corrected chi connectivity index (χ0v) is 10.3. The normalized spacial score (nSPS) is 12.8. The van der Waals surface area contributed by atoms with Gasteiger partial charge in [-0.05, 0) is 6.42 Å². The van der Waals surface area contributed by atoms with Gasteiger partial charge in [0.15, 0.2) is 0 Å². The van der Waals surface area contributed by atoms with Crippen LogP contribution in [0, 0.1) is 0 Å². The lowest BCUT2D eigenvalue weighted by Crippen LogP contribution is -2.25. The van der Waals surface area contributed by atoms with Gasteiger partial charge in [-0.3, -0.25) is 5.10 Å². The van der Waals surface area contributed by atoms with E-state index in [4.69, 9.17) is 0 Å². The average Bonchev–Trinajstić information content (AvgIpc) is 2.64. The Labute approximate surface area is 94.2 Å². The molecule has 7 nitrogen and oxygen atoms in total. The standard InChI is InChI=1S/C7H13N3O4S2/c1-15(11,12)4-2-3-10-16(13,14)7-5-8-9-6-7/h5-6,10H,2-4H2,1H3,(H,8,9). The molecular weight excluding hydrogens is 254 g/mol. The third kappa shape index (κ3) is 4.29. The fourth-order valence-corrected chi connectivity index (χ4v) is 2.66. The summed E-state index contributed by atoms with van der Waals surface area (Å²) in [5, 5.41) is 5.90. The average molecular weight is 267 g/mol. The van der Waals surface area contributed by atoms with Crippen molar-refractivity contribution < 1.29 is 16.8 Å². The Balaban J connectivity index is 2.45. The third-order valence-electron chi connectivity index (χ3n) is 1.77. The minimum atomic E-state index is -3.57. The van der Waals surface area contributed by atoms with Crippen LogP contribution in [-0.4, -0.2) is 45.6 Å². The van der Waals surface area contributed by atoms with Crippen molar-refractivity contribution in [2.24, 2.45) is 0 Å². The highest BCUT2D eigenvalue weighted by atomic mass is 32.2. The largest absolute Gasteiger partial charge is 0.284 e. The summed E-state index contributed by atoms with van der Waals surface area (Å²) in [5.41, 5.74) is 0. The Morgan fingerprint density at radius 3 is 2.56 bits per heavy atom. The minimum Gasteiger partial charge on any atom is -0.284 e. The molecule has 0 fully saturated rings. The summed E-state index contributed by atoms with van der Waals surface area (Å²) in [6.07, 6.45) is 3.78. The molecule has 0 saturated carbocycles. The van der Waals surface area contributed by atoms with Crippen LogP contribution in [0.5, 0.6) is 0 Å². The summed E-state index contributed by atoms with van der Waals surface area (Å²) in [6.45, 7) is 0.0839. The van der Waals surface area contributed by atoms with E-state index in [-0.39, 0.29) is 23.6 Å². The molecule has 0 unspecified atom stereocenters. The predicted octanol–water partition coefficient (Wildman–Crippen LogP) is -0.877. The predicted molar refractivity (Wildman–Crippen MR) is 58.1 cm³/mol. The molecule has 92 valence electrons. The number of sulfone groups is 1. The molecule has 0 aliphatic heterocycles. The Morgan fingerprint density at radius 2 is 2.06 bits per heavy atom. The summed E-state index contributed by atoms with van der Waals surface area (Å²) in [6, 6.07) is 0. The van der Waals surface area contributed by atoms with E-state index in [0.29, 0.717) is 0 Å². The van der Waals surface area contributed by atoms with Crippen LogP contribution in [0.25, 0.3) is 0 Å². The van der Waals surface area contributed by atoms with E-state index in [9.17, 15) is 16.8 Å². The second-order valence-electron chi connectivity index (χ2n) is 3.32.